The summed E-state index contributed by atoms with van der Waals surface area (Å²) in [6, 6.07) is 20.5. The van der Waals surface area contributed by atoms with Gasteiger partial charge in [0.15, 0.2) is 0 Å². The fraction of sp³-hybridized carbons (Fsp3) is 0.0455. The lowest BCUT2D eigenvalue weighted by molar-refractivity contribution is 0.0764. The molecule has 5 nitrogen and oxygen atoms in total. The Labute approximate surface area is 169 Å². The first kappa shape index (κ1) is 16.9. The maximum Gasteiger partial charge on any atom is 0.263 e. The molecule has 3 aromatic rings. The molecule has 0 atom stereocenters. The molecule has 0 fully saturated rings. The van der Waals surface area contributed by atoms with Crippen molar-refractivity contribution in [1.82, 2.24) is 0 Å². The third kappa shape index (κ3) is 2.09. The zero-order valence-electron chi connectivity index (χ0n) is 14.5. The van der Waals surface area contributed by atoms with Gasteiger partial charge in [-0.3, -0.25) is 19.3 Å². The molecule has 0 radical (unpaired) electrons. The van der Waals surface area contributed by atoms with Crippen molar-refractivity contribution in [2.45, 2.75) is 5.66 Å². The normalized spacial score (nSPS) is 16.8. The fourth-order valence-electron chi connectivity index (χ4n) is 3.89. The summed E-state index contributed by atoms with van der Waals surface area (Å²) in [6.45, 7) is 0. The van der Waals surface area contributed by atoms with Gasteiger partial charge in [0, 0.05) is 27.0 Å². The summed E-state index contributed by atoms with van der Waals surface area (Å²) in [5.41, 5.74) is 0.138. The summed E-state index contributed by atoms with van der Waals surface area (Å²) in [5, 5.41) is 3.11. The Kier molecular flexibility index (Phi) is 3.54. The Morgan fingerprint density at radius 1 is 0.714 bits per heavy atom. The van der Waals surface area contributed by atoms with Crippen molar-refractivity contribution in [1.29, 1.82) is 0 Å². The van der Waals surface area contributed by atoms with Crippen LogP contribution in [0.3, 0.4) is 0 Å². The lowest BCUT2D eigenvalue weighted by Crippen LogP contribution is -2.67. The second-order valence-corrected chi connectivity index (χ2v) is 7.62. The maximum absolute atomic E-state index is 13.5. The highest BCUT2D eigenvalue weighted by Crippen LogP contribution is 2.43. The topological polar surface area (TPSA) is 66.5 Å². The monoisotopic (exact) mass is 432 g/mol. The smallest absolute Gasteiger partial charge is 0.263 e. The molecule has 0 bridgehead atoms. The first-order valence-electron chi connectivity index (χ1n) is 8.70. The summed E-state index contributed by atoms with van der Waals surface area (Å²) in [6.07, 6.45) is 0. The Hall–Kier alpha value is -3.25. The van der Waals surface area contributed by atoms with Gasteiger partial charge in [-0.1, -0.05) is 52.3 Å². The van der Waals surface area contributed by atoms with Crippen molar-refractivity contribution in [2.24, 2.45) is 0 Å². The van der Waals surface area contributed by atoms with E-state index < -0.39 is 23.1 Å². The Morgan fingerprint density at radius 3 is 1.86 bits per heavy atom. The molecule has 1 spiro atoms. The van der Waals surface area contributed by atoms with Crippen molar-refractivity contribution in [2.75, 3.05) is 10.2 Å². The van der Waals surface area contributed by atoms with Crippen molar-refractivity contribution in [3.05, 3.63) is 94.0 Å². The standard InChI is InChI=1S/C22H13BrN2O3/c23-13-9-11-14(12-10-13)25-21(28)17-7-3-4-8-18(17)24-22(25)19(26)15-5-1-2-6-16(15)20(22)27/h1-12,24H. The number of amides is 1. The number of hydrogen-bond donors (Lipinski definition) is 1. The Balaban J connectivity index is 1.80. The summed E-state index contributed by atoms with van der Waals surface area (Å²) in [7, 11) is 0. The number of nitrogens with zero attached hydrogens (tertiary/aromatic N) is 1. The van der Waals surface area contributed by atoms with Gasteiger partial charge in [0.25, 0.3) is 5.91 Å². The summed E-state index contributed by atoms with van der Waals surface area (Å²) >= 11 is 3.38. The number of benzene rings is 3. The van der Waals surface area contributed by atoms with Crippen LogP contribution in [-0.4, -0.2) is 23.1 Å². The number of Topliss-reactive ketones (excluding diaryl/α,β-unsaturated/α-hetero) is 2. The highest BCUT2D eigenvalue weighted by atomic mass is 79.9. The van der Waals surface area contributed by atoms with Gasteiger partial charge in [-0.15, -0.1) is 0 Å². The molecule has 0 saturated heterocycles. The summed E-state index contributed by atoms with van der Waals surface area (Å²) in [5.74, 6) is -1.26. The van der Waals surface area contributed by atoms with Crippen LogP contribution in [0.15, 0.2) is 77.3 Å². The van der Waals surface area contributed by atoms with Gasteiger partial charge in [-0.25, -0.2) is 0 Å². The predicted molar refractivity (Wildman–Crippen MR) is 109 cm³/mol. The van der Waals surface area contributed by atoms with E-state index in [1.807, 2.05) is 0 Å². The lowest BCUT2D eigenvalue weighted by Gasteiger charge is -2.43. The first-order valence-corrected chi connectivity index (χ1v) is 9.49. The Morgan fingerprint density at radius 2 is 1.25 bits per heavy atom. The van der Waals surface area contributed by atoms with Crippen molar-refractivity contribution < 1.29 is 14.4 Å². The van der Waals surface area contributed by atoms with Gasteiger partial charge in [-0.05, 0) is 36.4 Å². The van der Waals surface area contributed by atoms with Crippen molar-refractivity contribution in [3.8, 4) is 0 Å². The molecule has 0 saturated carbocycles. The highest BCUT2D eigenvalue weighted by Gasteiger charge is 2.61. The number of carbonyl (C=O) groups excluding carboxylic acids is 3. The molecule has 1 amide bonds. The minimum atomic E-state index is -1.83. The molecule has 6 heteroatoms. The van der Waals surface area contributed by atoms with Crippen LogP contribution in [0, 0.1) is 0 Å². The van der Waals surface area contributed by atoms with Crippen LogP contribution < -0.4 is 10.2 Å². The van der Waals surface area contributed by atoms with Crippen molar-refractivity contribution in [3.63, 3.8) is 0 Å². The predicted octanol–water partition coefficient (Wildman–Crippen LogP) is 4.30. The zero-order chi connectivity index (χ0) is 19.5. The van der Waals surface area contributed by atoms with Crippen LogP contribution in [0.25, 0.3) is 0 Å². The SMILES string of the molecule is O=C1c2ccccc2NC2(C(=O)c3ccccc3C2=O)N1c1ccc(Br)cc1. The van der Waals surface area contributed by atoms with E-state index in [9.17, 15) is 14.4 Å². The second-order valence-electron chi connectivity index (χ2n) is 6.70. The van der Waals surface area contributed by atoms with E-state index in [2.05, 4.69) is 21.2 Å². The highest BCUT2D eigenvalue weighted by molar-refractivity contribution is 9.10. The minimum Gasteiger partial charge on any atom is -0.349 e. The van der Waals surface area contributed by atoms with Crippen LogP contribution in [0.5, 0.6) is 0 Å². The van der Waals surface area contributed by atoms with Crippen LogP contribution in [0.4, 0.5) is 11.4 Å². The van der Waals surface area contributed by atoms with Gasteiger partial charge in [0.05, 0.1) is 5.56 Å². The third-order valence-electron chi connectivity index (χ3n) is 5.17. The number of nitrogens with one attached hydrogen (secondary N) is 1. The zero-order valence-corrected chi connectivity index (χ0v) is 16.1. The number of hydrogen-bond acceptors (Lipinski definition) is 4. The molecular formula is C22H13BrN2O3. The molecule has 0 aromatic heterocycles. The van der Waals surface area contributed by atoms with Gasteiger partial charge in [0.1, 0.15) is 0 Å². The maximum atomic E-state index is 13.5. The van der Waals surface area contributed by atoms with E-state index in [0.29, 0.717) is 28.1 Å². The van der Waals surface area contributed by atoms with Crippen LogP contribution >= 0.6 is 15.9 Å². The van der Waals surface area contributed by atoms with Crippen molar-refractivity contribution >= 4 is 44.8 Å². The number of para-hydroxylation sites is 1. The van der Waals surface area contributed by atoms with Gasteiger partial charge in [-0.2, -0.15) is 0 Å². The molecule has 3 aromatic carbocycles. The van der Waals surface area contributed by atoms with E-state index in [-0.39, 0.29) is 0 Å². The van der Waals surface area contributed by atoms with Gasteiger partial charge >= 0.3 is 0 Å². The molecule has 136 valence electrons. The first-order chi connectivity index (χ1) is 13.5. The number of ketones is 2. The van der Waals surface area contributed by atoms with E-state index in [1.54, 1.807) is 72.8 Å². The summed E-state index contributed by atoms with van der Waals surface area (Å²) < 4.78 is 0.829. The largest absolute Gasteiger partial charge is 0.349 e. The number of anilines is 2. The fourth-order valence-corrected chi connectivity index (χ4v) is 4.16. The molecule has 1 heterocycles. The lowest BCUT2D eigenvalue weighted by atomic mass is 9.93. The average molecular weight is 433 g/mol. The molecule has 1 N–H and O–H groups in total. The molecule has 0 unspecified atom stereocenters. The number of fused-ring (bicyclic) bond motifs is 2. The van der Waals surface area contributed by atoms with E-state index >= 15 is 0 Å². The molecule has 28 heavy (non-hydrogen) atoms. The van der Waals surface area contributed by atoms with Gasteiger partial charge in [0.2, 0.25) is 17.2 Å². The van der Waals surface area contributed by atoms with Gasteiger partial charge < -0.3 is 5.32 Å². The average Bonchev–Trinajstić information content (AvgIpc) is 2.92. The van der Waals surface area contributed by atoms with E-state index in [1.165, 1.54) is 4.90 Å². The van der Waals surface area contributed by atoms with E-state index in [0.717, 1.165) is 4.47 Å². The van der Waals surface area contributed by atoms with Crippen LogP contribution in [0.1, 0.15) is 31.1 Å². The quantitative estimate of drug-likeness (QED) is 0.582. The summed E-state index contributed by atoms with van der Waals surface area (Å²) in [4.78, 5) is 41.8. The van der Waals surface area contributed by atoms with E-state index in [4.69, 9.17) is 0 Å². The molecule has 1 aliphatic heterocycles. The molecule has 2 aliphatic rings. The molecule has 5 rings (SSSR count). The third-order valence-corrected chi connectivity index (χ3v) is 5.70. The minimum absolute atomic E-state index is 0.314. The number of carbonyl (C=O) groups is 3. The number of halogens is 1. The van der Waals surface area contributed by atoms with Crippen LogP contribution in [0.2, 0.25) is 0 Å². The number of rotatable bonds is 1. The molecule has 1 aliphatic carbocycles. The second kappa shape index (κ2) is 5.87. The Bertz CT molecular complexity index is 1140. The van der Waals surface area contributed by atoms with Crippen LogP contribution in [-0.2, 0) is 0 Å². The molecular weight excluding hydrogens is 420 g/mol.